The fourth-order valence-electron chi connectivity index (χ4n) is 4.41. The highest BCUT2D eigenvalue weighted by Gasteiger charge is 2.34. The van der Waals surface area contributed by atoms with Gasteiger partial charge in [-0.15, -0.1) is 0 Å². The molecular weight excluding hydrogens is 282 g/mol. The Morgan fingerprint density at radius 3 is 2.48 bits per heavy atom. The second kappa shape index (κ2) is 6.37. The molecule has 2 heteroatoms. The summed E-state index contributed by atoms with van der Waals surface area (Å²) in [6, 6.07) is 18.1. The van der Waals surface area contributed by atoms with Crippen molar-refractivity contribution in [2.45, 2.75) is 37.6 Å². The second-order valence-corrected chi connectivity index (χ2v) is 6.83. The van der Waals surface area contributed by atoms with Crippen molar-refractivity contribution >= 4 is 0 Å². The van der Waals surface area contributed by atoms with Crippen LogP contribution in [0.2, 0.25) is 0 Å². The highest BCUT2D eigenvalue weighted by atomic mass is 16.5. The van der Waals surface area contributed by atoms with Crippen LogP contribution in [-0.2, 0) is 6.42 Å². The maximum atomic E-state index is 5.69. The van der Waals surface area contributed by atoms with Gasteiger partial charge in [0.1, 0.15) is 5.75 Å². The molecule has 4 rings (SSSR count). The topological polar surface area (TPSA) is 12.5 Å². The normalized spacial score (nSPS) is 24.4. The molecule has 2 atom stereocenters. The van der Waals surface area contributed by atoms with Crippen LogP contribution in [0.4, 0.5) is 0 Å². The third-order valence-corrected chi connectivity index (χ3v) is 5.56. The molecule has 2 aliphatic rings. The molecule has 23 heavy (non-hydrogen) atoms. The van der Waals surface area contributed by atoms with E-state index >= 15 is 0 Å². The highest BCUT2D eigenvalue weighted by Crippen LogP contribution is 2.45. The van der Waals surface area contributed by atoms with E-state index in [1.165, 1.54) is 49.0 Å². The zero-order valence-corrected chi connectivity index (χ0v) is 13.9. The number of likely N-dealkylation sites (tertiary alicyclic amines) is 1. The minimum absolute atomic E-state index is 0.543. The minimum atomic E-state index is 0.543. The van der Waals surface area contributed by atoms with Gasteiger partial charge in [0.2, 0.25) is 0 Å². The molecule has 0 radical (unpaired) electrons. The van der Waals surface area contributed by atoms with Gasteiger partial charge in [-0.1, -0.05) is 42.5 Å². The Hall–Kier alpha value is -1.80. The van der Waals surface area contributed by atoms with E-state index in [9.17, 15) is 0 Å². The van der Waals surface area contributed by atoms with Crippen LogP contribution in [0.15, 0.2) is 48.5 Å². The summed E-state index contributed by atoms with van der Waals surface area (Å²) in [7, 11) is 1.80. The summed E-state index contributed by atoms with van der Waals surface area (Å²) in [5.74, 6) is 1.65. The molecule has 2 aromatic carbocycles. The predicted molar refractivity (Wildman–Crippen MR) is 94.0 cm³/mol. The van der Waals surface area contributed by atoms with Crippen molar-refractivity contribution in [3.63, 3.8) is 0 Å². The zero-order chi connectivity index (χ0) is 15.6. The van der Waals surface area contributed by atoms with Crippen molar-refractivity contribution in [1.82, 2.24) is 4.90 Å². The van der Waals surface area contributed by atoms with E-state index in [1.54, 1.807) is 7.11 Å². The van der Waals surface area contributed by atoms with Gasteiger partial charge >= 0.3 is 0 Å². The number of ether oxygens (including phenoxy) is 1. The molecule has 1 heterocycles. The number of nitrogens with zero attached hydrogens (tertiary/aromatic N) is 1. The first kappa shape index (κ1) is 14.8. The van der Waals surface area contributed by atoms with Crippen LogP contribution in [0.25, 0.3) is 0 Å². The molecule has 0 amide bonds. The standard InChI is InChI=1S/C21H25NO/c1-23-21-11-7-10-18-19(21)14-17(16-8-3-2-4-9-16)15-20(18)22-12-5-6-13-22/h2-4,7-11,17,20H,5-6,12-15H2,1H3. The lowest BCUT2D eigenvalue weighted by atomic mass is 9.76. The Morgan fingerprint density at radius 2 is 1.74 bits per heavy atom. The first-order chi connectivity index (χ1) is 11.4. The van der Waals surface area contributed by atoms with E-state index in [-0.39, 0.29) is 0 Å². The molecule has 1 aliphatic carbocycles. The monoisotopic (exact) mass is 307 g/mol. The van der Waals surface area contributed by atoms with Crippen molar-refractivity contribution in [1.29, 1.82) is 0 Å². The second-order valence-electron chi connectivity index (χ2n) is 6.83. The number of fused-ring (bicyclic) bond motifs is 1. The van der Waals surface area contributed by atoms with E-state index in [4.69, 9.17) is 4.74 Å². The number of hydrogen-bond acceptors (Lipinski definition) is 2. The van der Waals surface area contributed by atoms with Gasteiger partial charge in [0.05, 0.1) is 7.11 Å². The van der Waals surface area contributed by atoms with E-state index in [2.05, 4.69) is 53.4 Å². The Labute approximate surface area is 139 Å². The van der Waals surface area contributed by atoms with Crippen LogP contribution in [0.3, 0.4) is 0 Å². The highest BCUT2D eigenvalue weighted by molar-refractivity contribution is 5.45. The van der Waals surface area contributed by atoms with Crippen LogP contribution < -0.4 is 4.74 Å². The molecule has 2 aromatic rings. The molecule has 1 aliphatic heterocycles. The fourth-order valence-corrected chi connectivity index (χ4v) is 4.41. The number of rotatable bonds is 3. The third kappa shape index (κ3) is 2.76. The van der Waals surface area contributed by atoms with Crippen LogP contribution in [0.1, 0.15) is 47.9 Å². The quantitative estimate of drug-likeness (QED) is 0.824. The van der Waals surface area contributed by atoms with Crippen molar-refractivity contribution in [2.24, 2.45) is 0 Å². The summed E-state index contributed by atoms with van der Waals surface area (Å²) < 4.78 is 5.69. The maximum absolute atomic E-state index is 5.69. The lowest BCUT2D eigenvalue weighted by molar-refractivity contribution is 0.210. The van der Waals surface area contributed by atoms with Gasteiger partial charge in [0, 0.05) is 6.04 Å². The van der Waals surface area contributed by atoms with Gasteiger partial charge in [0.25, 0.3) is 0 Å². The van der Waals surface area contributed by atoms with Crippen LogP contribution in [-0.4, -0.2) is 25.1 Å². The molecule has 0 N–H and O–H groups in total. The van der Waals surface area contributed by atoms with Crippen molar-refractivity contribution in [3.8, 4) is 5.75 Å². The van der Waals surface area contributed by atoms with Gasteiger partial charge in [-0.2, -0.15) is 0 Å². The first-order valence-electron chi connectivity index (χ1n) is 8.81. The van der Waals surface area contributed by atoms with Gasteiger partial charge in [-0.25, -0.2) is 0 Å². The summed E-state index contributed by atoms with van der Waals surface area (Å²) >= 11 is 0. The third-order valence-electron chi connectivity index (χ3n) is 5.56. The molecular formula is C21H25NO. The van der Waals surface area contributed by atoms with E-state index in [1.807, 2.05) is 0 Å². The SMILES string of the molecule is COc1cccc2c1CC(c1ccccc1)CC2N1CCCC1. The average Bonchev–Trinajstić information content (AvgIpc) is 3.15. The molecule has 0 saturated carbocycles. The molecule has 1 fully saturated rings. The largest absolute Gasteiger partial charge is 0.496 e. The molecule has 0 aromatic heterocycles. The summed E-state index contributed by atoms with van der Waals surface area (Å²) in [6.45, 7) is 2.48. The lowest BCUT2D eigenvalue weighted by Gasteiger charge is -2.38. The first-order valence-corrected chi connectivity index (χ1v) is 8.81. The van der Waals surface area contributed by atoms with Crippen molar-refractivity contribution < 1.29 is 4.74 Å². The Bertz CT molecular complexity index is 661. The Morgan fingerprint density at radius 1 is 0.957 bits per heavy atom. The van der Waals surface area contributed by atoms with E-state index in [0.29, 0.717) is 12.0 Å². The van der Waals surface area contributed by atoms with Crippen LogP contribution in [0, 0.1) is 0 Å². The minimum Gasteiger partial charge on any atom is -0.496 e. The summed E-state index contributed by atoms with van der Waals surface area (Å²) in [5.41, 5.74) is 4.39. The van der Waals surface area contributed by atoms with Crippen LogP contribution >= 0.6 is 0 Å². The van der Waals surface area contributed by atoms with Gasteiger partial charge in [0.15, 0.2) is 0 Å². The van der Waals surface area contributed by atoms with E-state index < -0.39 is 0 Å². The smallest absolute Gasteiger partial charge is 0.122 e. The van der Waals surface area contributed by atoms with Crippen molar-refractivity contribution in [2.75, 3.05) is 20.2 Å². The Balaban J connectivity index is 1.75. The summed E-state index contributed by atoms with van der Waals surface area (Å²) in [6.07, 6.45) is 5.00. The molecule has 2 unspecified atom stereocenters. The lowest BCUT2D eigenvalue weighted by Crippen LogP contribution is -2.31. The molecule has 0 spiro atoms. The Kier molecular flexibility index (Phi) is 4.09. The van der Waals surface area contributed by atoms with Gasteiger partial charge < -0.3 is 4.74 Å². The molecule has 0 bridgehead atoms. The summed E-state index contributed by atoms with van der Waals surface area (Å²) in [5, 5.41) is 0. The average molecular weight is 307 g/mol. The van der Waals surface area contributed by atoms with E-state index in [0.717, 1.165) is 12.2 Å². The number of methoxy groups -OCH3 is 1. The maximum Gasteiger partial charge on any atom is 0.122 e. The number of hydrogen-bond donors (Lipinski definition) is 0. The predicted octanol–water partition coefficient (Wildman–Crippen LogP) is 4.56. The van der Waals surface area contributed by atoms with Crippen molar-refractivity contribution in [3.05, 3.63) is 65.2 Å². The molecule has 2 nitrogen and oxygen atoms in total. The summed E-state index contributed by atoms with van der Waals surface area (Å²) in [4.78, 5) is 2.69. The van der Waals surface area contributed by atoms with Crippen LogP contribution in [0.5, 0.6) is 5.75 Å². The molecule has 1 saturated heterocycles. The fraction of sp³-hybridized carbons (Fsp3) is 0.429. The van der Waals surface area contributed by atoms with Gasteiger partial charge in [-0.05, 0) is 67.4 Å². The number of benzene rings is 2. The van der Waals surface area contributed by atoms with Gasteiger partial charge in [-0.3, -0.25) is 4.90 Å². The zero-order valence-electron chi connectivity index (χ0n) is 13.9. The molecule has 120 valence electrons.